The summed E-state index contributed by atoms with van der Waals surface area (Å²) in [5.74, 6) is 6.80. The van der Waals surface area contributed by atoms with E-state index < -0.39 is 26.4 Å². The van der Waals surface area contributed by atoms with Gasteiger partial charge in [-0.25, -0.2) is 39.9 Å². The molecule has 120 heavy (non-hydrogen) atoms. The highest BCUT2D eigenvalue weighted by molar-refractivity contribution is 5.97. The molecule has 4 saturated carbocycles. The number of rotatable bonds is 36. The predicted molar refractivity (Wildman–Crippen MR) is 436 cm³/mol. The van der Waals surface area contributed by atoms with Gasteiger partial charge in [-0.05, 0) is 245 Å². The Balaban J connectivity index is 0.000000182. The van der Waals surface area contributed by atoms with Gasteiger partial charge in [0.15, 0.2) is 23.1 Å². The molecule has 0 radical (unpaired) electrons. The van der Waals surface area contributed by atoms with E-state index in [0.717, 1.165) is 151 Å². The van der Waals surface area contributed by atoms with Crippen molar-refractivity contribution in [2.45, 2.75) is 232 Å². The van der Waals surface area contributed by atoms with Crippen molar-refractivity contribution in [2.24, 2.45) is 47.3 Å². The van der Waals surface area contributed by atoms with Crippen LogP contribution in [0.5, 0.6) is 47.0 Å². The summed E-state index contributed by atoms with van der Waals surface area (Å²) in [5.41, 5.74) is 6.44. The summed E-state index contributed by atoms with van der Waals surface area (Å²) in [5, 5.41) is 0. The first-order valence-corrected chi connectivity index (χ1v) is 41.7. The van der Waals surface area contributed by atoms with E-state index in [1.807, 2.05) is 24.3 Å². The SMILES string of the molecule is CC[C@@H](CC(=O)c1ccc(OC)nc1)C1CCC(c2ccnc(OC(F)F)c2)CC1.CC[C@@H](CC(=O)c1ccc(OC)nc1)C1CCC(c2ccnc(OC(F)F)c2)CC1.CC[C@H](CC(=O)c1ccc(OC)nc1)C1CCC(c2ccnc(OC(F)F)c2)CC1.CC[C@H](CC(=O)c1ccc(OC)nc1)C1CCC(c2ccnc(OC(F)F)c2)CC1. The van der Waals surface area contributed by atoms with Crippen LogP contribution in [0.15, 0.2) is 147 Å². The minimum Gasteiger partial charge on any atom is -0.481 e. The van der Waals surface area contributed by atoms with Crippen LogP contribution in [-0.4, -0.2) is 118 Å². The molecule has 4 aliphatic rings. The van der Waals surface area contributed by atoms with Crippen LogP contribution in [0, 0.1) is 47.3 Å². The molecular weight excluding hydrogens is 1560 g/mol. The van der Waals surface area contributed by atoms with Crippen molar-refractivity contribution >= 4 is 23.1 Å². The van der Waals surface area contributed by atoms with Crippen molar-refractivity contribution in [3.63, 3.8) is 0 Å². The van der Waals surface area contributed by atoms with Crippen LogP contribution in [-0.2, 0) is 0 Å². The second kappa shape index (κ2) is 48.2. The Morgan fingerprint density at radius 3 is 0.625 bits per heavy atom. The number of alkyl halides is 8. The molecule has 8 aromatic rings. The third-order valence-corrected chi connectivity index (χ3v) is 24.5. The lowest BCUT2D eigenvalue weighted by molar-refractivity contribution is -0.0536. The van der Waals surface area contributed by atoms with Gasteiger partial charge >= 0.3 is 26.4 Å². The van der Waals surface area contributed by atoms with Crippen molar-refractivity contribution in [3.8, 4) is 47.0 Å². The average Bonchev–Trinajstić information content (AvgIpc) is 0.841. The molecule has 28 heteroatoms. The monoisotopic (exact) mass is 1670 g/mol. The van der Waals surface area contributed by atoms with Crippen LogP contribution >= 0.6 is 0 Å². The lowest BCUT2D eigenvalue weighted by Gasteiger charge is -2.33. The van der Waals surface area contributed by atoms with Gasteiger partial charge in [-0.3, -0.25) is 19.2 Å². The van der Waals surface area contributed by atoms with Gasteiger partial charge in [0.05, 0.1) is 28.4 Å². The van der Waals surface area contributed by atoms with E-state index in [-0.39, 0.29) is 46.7 Å². The Kier molecular flexibility index (Phi) is 37.6. The fourth-order valence-electron chi connectivity index (χ4n) is 17.7. The highest BCUT2D eigenvalue weighted by Gasteiger charge is 2.35. The summed E-state index contributed by atoms with van der Waals surface area (Å²) in [6.07, 6.45) is 34.2. The number of ketones is 4. The van der Waals surface area contributed by atoms with Crippen molar-refractivity contribution < 1.29 is 92.2 Å². The second-order valence-electron chi connectivity index (χ2n) is 31.2. The number of hydrogen-bond donors (Lipinski definition) is 0. The summed E-state index contributed by atoms with van der Waals surface area (Å²) in [6.45, 7) is -2.94. The Hall–Kier alpha value is -10.3. The molecule has 0 N–H and O–H groups in total. The summed E-state index contributed by atoms with van der Waals surface area (Å²) in [6, 6.07) is 27.9. The van der Waals surface area contributed by atoms with E-state index in [9.17, 15) is 54.3 Å². The van der Waals surface area contributed by atoms with Crippen LogP contribution in [0.1, 0.15) is 269 Å². The number of carbonyl (C=O) groups is 4. The van der Waals surface area contributed by atoms with Crippen LogP contribution in [0.25, 0.3) is 0 Å². The fraction of sp³-hybridized carbons (Fsp3) is 0.522. The lowest BCUT2D eigenvalue weighted by atomic mass is 9.72. The van der Waals surface area contributed by atoms with E-state index >= 15 is 0 Å². The number of Topliss-reactive ketones (excluding diaryl/α,β-unsaturated/α-hetero) is 4. The molecule has 0 spiro atoms. The Morgan fingerprint density at radius 1 is 0.283 bits per heavy atom. The van der Waals surface area contributed by atoms with Gasteiger partial charge in [-0.1, -0.05) is 53.4 Å². The molecule has 20 nitrogen and oxygen atoms in total. The first-order chi connectivity index (χ1) is 58.0. The molecule has 0 saturated heterocycles. The van der Waals surface area contributed by atoms with Crippen molar-refractivity contribution in [1.29, 1.82) is 0 Å². The van der Waals surface area contributed by atoms with Gasteiger partial charge in [-0.15, -0.1) is 0 Å². The minimum atomic E-state index is -2.87. The molecule has 648 valence electrons. The molecule has 4 fully saturated rings. The molecule has 12 rings (SSSR count). The number of carbonyl (C=O) groups excluding carboxylic acids is 4. The van der Waals surface area contributed by atoms with Crippen molar-refractivity contribution in [2.75, 3.05) is 28.4 Å². The predicted octanol–water partition coefficient (Wildman–Crippen LogP) is 22.6. The number of methoxy groups -OCH3 is 4. The Labute approximate surface area is 697 Å². The molecule has 0 aliphatic heterocycles. The number of hydrogen-bond acceptors (Lipinski definition) is 20. The Bertz CT molecular complexity index is 3840. The third-order valence-electron chi connectivity index (χ3n) is 24.5. The van der Waals surface area contributed by atoms with E-state index in [1.54, 1.807) is 126 Å². The molecule has 0 amide bonds. The summed E-state index contributed by atoms with van der Waals surface area (Å²) < 4.78 is 137. The highest BCUT2D eigenvalue weighted by atomic mass is 19.3. The van der Waals surface area contributed by atoms with Gasteiger partial charge in [0.25, 0.3) is 0 Å². The number of ether oxygens (including phenoxy) is 8. The molecule has 0 unspecified atom stereocenters. The zero-order valence-corrected chi connectivity index (χ0v) is 69.6. The van der Waals surface area contributed by atoms with Gasteiger partial charge in [0.1, 0.15) is 0 Å². The topological polar surface area (TPSA) is 245 Å². The van der Waals surface area contributed by atoms with Crippen LogP contribution in [0.3, 0.4) is 0 Å². The van der Waals surface area contributed by atoms with Crippen molar-refractivity contribution in [3.05, 3.63) is 191 Å². The normalized spacial score (nSPS) is 20.0. The molecular formula is C92H112F8N8O12. The van der Waals surface area contributed by atoms with Gasteiger partial charge in [-0.2, -0.15) is 35.1 Å². The van der Waals surface area contributed by atoms with Gasteiger partial charge in [0.2, 0.25) is 47.0 Å². The van der Waals surface area contributed by atoms with E-state index in [2.05, 4.69) is 86.5 Å². The zero-order valence-electron chi connectivity index (χ0n) is 69.6. The van der Waals surface area contributed by atoms with Crippen LogP contribution in [0.2, 0.25) is 0 Å². The Morgan fingerprint density at radius 2 is 0.475 bits per heavy atom. The standard InChI is InChI=1S/4C23H28F2N2O3/c4*1-3-15(12-20(28)19-8-9-21(29-2)27-14-19)16-4-6-17(7-5-16)18-10-11-26-22(13-18)30-23(24)25/h4*8-11,13-17,23H,3-7,12H2,1-2H3/t4*15-,16?,17?/m1100/s1. The van der Waals surface area contributed by atoms with E-state index in [1.165, 1.54) is 24.8 Å². The maximum Gasteiger partial charge on any atom is 0.388 e. The third kappa shape index (κ3) is 29.0. The second-order valence-corrected chi connectivity index (χ2v) is 31.2. The van der Waals surface area contributed by atoms with Crippen LogP contribution in [0.4, 0.5) is 35.1 Å². The number of nitrogens with zero attached hydrogens (tertiary/aromatic N) is 8. The number of aromatic nitrogens is 8. The maximum absolute atomic E-state index is 12.7. The van der Waals surface area contributed by atoms with E-state index in [4.69, 9.17) is 18.9 Å². The largest absolute Gasteiger partial charge is 0.481 e. The van der Waals surface area contributed by atoms with Crippen molar-refractivity contribution in [1.82, 2.24) is 39.9 Å². The van der Waals surface area contributed by atoms with Gasteiger partial charge in [0, 0.05) is 146 Å². The summed E-state index contributed by atoms with van der Waals surface area (Å²) in [4.78, 5) is 82.7. The van der Waals surface area contributed by atoms with E-state index in [0.29, 0.717) is 142 Å². The first kappa shape index (κ1) is 93.6. The molecule has 0 aromatic carbocycles. The lowest BCUT2D eigenvalue weighted by Crippen LogP contribution is -2.23. The first-order valence-electron chi connectivity index (χ1n) is 41.7. The molecule has 8 heterocycles. The molecule has 8 aromatic heterocycles. The average molecular weight is 1670 g/mol. The van der Waals surface area contributed by atoms with Crippen LogP contribution < -0.4 is 37.9 Å². The quantitative estimate of drug-likeness (QED) is 0.0262. The molecule has 0 bridgehead atoms. The number of pyridine rings is 8. The smallest absolute Gasteiger partial charge is 0.388 e. The van der Waals surface area contributed by atoms with Gasteiger partial charge < -0.3 is 37.9 Å². The summed E-state index contributed by atoms with van der Waals surface area (Å²) >= 11 is 0. The number of halogens is 8. The maximum atomic E-state index is 12.7. The minimum absolute atomic E-state index is 0.0326. The fourth-order valence-corrected chi connectivity index (χ4v) is 17.7. The molecule has 4 aliphatic carbocycles. The highest BCUT2D eigenvalue weighted by Crippen LogP contribution is 2.46. The zero-order chi connectivity index (χ0) is 86.0. The summed E-state index contributed by atoms with van der Waals surface area (Å²) in [7, 11) is 6.19. The molecule has 4 atom stereocenters.